The molecule has 0 atom stereocenters. The predicted octanol–water partition coefficient (Wildman–Crippen LogP) is 3.07. The zero-order chi connectivity index (χ0) is 25.4. The number of ether oxygens (including phenoxy) is 1. The van der Waals surface area contributed by atoms with E-state index in [2.05, 4.69) is 15.1 Å². The van der Waals surface area contributed by atoms with Crippen molar-refractivity contribution in [2.45, 2.75) is 6.54 Å². The highest BCUT2D eigenvalue weighted by atomic mass is 16.5. The van der Waals surface area contributed by atoms with Gasteiger partial charge in [-0.05, 0) is 41.1 Å². The van der Waals surface area contributed by atoms with Crippen molar-refractivity contribution in [2.75, 3.05) is 38.2 Å². The van der Waals surface area contributed by atoms with Crippen molar-refractivity contribution in [3.05, 3.63) is 89.5 Å². The molecule has 3 heterocycles. The number of aromatic nitrogens is 4. The molecule has 9 nitrogen and oxygen atoms in total. The number of carbonyl (C=O) groups excluding carboxylic acids is 1. The Labute approximate surface area is 213 Å². The molecule has 1 saturated heterocycles. The smallest absolute Gasteiger partial charge is 0.293 e. The summed E-state index contributed by atoms with van der Waals surface area (Å²) in [5, 5.41) is 11.0. The highest BCUT2D eigenvalue weighted by molar-refractivity contribution is 5.96. The Kier molecular flexibility index (Phi) is 5.80. The second-order valence-electron chi connectivity index (χ2n) is 9.05. The monoisotopic (exact) mass is 494 g/mol. The fourth-order valence-electron chi connectivity index (χ4n) is 4.87. The molecule has 0 saturated carbocycles. The molecule has 186 valence electrons. The number of hydrogen-bond acceptors (Lipinski definition) is 6. The van der Waals surface area contributed by atoms with Gasteiger partial charge < -0.3 is 14.5 Å². The minimum atomic E-state index is -0.341. The average molecular weight is 495 g/mol. The van der Waals surface area contributed by atoms with Gasteiger partial charge in [-0.1, -0.05) is 42.5 Å². The van der Waals surface area contributed by atoms with Crippen molar-refractivity contribution in [3.63, 3.8) is 0 Å². The van der Waals surface area contributed by atoms with Gasteiger partial charge in [-0.25, -0.2) is 9.20 Å². The molecular weight excluding hydrogens is 468 g/mol. The molecule has 0 bridgehead atoms. The highest BCUT2D eigenvalue weighted by Crippen LogP contribution is 2.27. The van der Waals surface area contributed by atoms with Gasteiger partial charge in [0.25, 0.3) is 5.56 Å². The van der Waals surface area contributed by atoms with Gasteiger partial charge in [-0.2, -0.15) is 10.2 Å². The lowest BCUT2D eigenvalue weighted by Gasteiger charge is -2.36. The van der Waals surface area contributed by atoms with Crippen molar-refractivity contribution >= 4 is 27.9 Å². The Morgan fingerprint density at radius 3 is 2.49 bits per heavy atom. The molecule has 1 aliphatic heterocycles. The first-order valence-electron chi connectivity index (χ1n) is 12.2. The minimum Gasteiger partial charge on any atom is -0.497 e. The van der Waals surface area contributed by atoms with Gasteiger partial charge in [0.05, 0.1) is 12.8 Å². The molecule has 0 unspecified atom stereocenters. The summed E-state index contributed by atoms with van der Waals surface area (Å²) in [7, 11) is 1.65. The molecule has 1 amide bonds. The molecule has 1 fully saturated rings. The Morgan fingerprint density at radius 2 is 1.70 bits per heavy atom. The van der Waals surface area contributed by atoms with Crippen LogP contribution in [0.25, 0.3) is 27.5 Å². The molecule has 0 N–H and O–H groups in total. The van der Waals surface area contributed by atoms with E-state index in [1.807, 2.05) is 66.7 Å². The number of hydrogen-bond donors (Lipinski definition) is 0. The Morgan fingerprint density at radius 1 is 0.946 bits per heavy atom. The number of carbonyl (C=O) groups is 1. The quantitative estimate of drug-likeness (QED) is 0.373. The summed E-state index contributed by atoms with van der Waals surface area (Å²) in [5.41, 5.74) is 2.77. The number of benzene rings is 3. The Balaban J connectivity index is 1.18. The average Bonchev–Trinajstić information content (AvgIpc) is 3.39. The van der Waals surface area contributed by atoms with Crippen molar-refractivity contribution in [2.24, 2.45) is 0 Å². The maximum absolute atomic E-state index is 13.2. The van der Waals surface area contributed by atoms with E-state index in [1.165, 1.54) is 15.5 Å². The van der Waals surface area contributed by atoms with Crippen LogP contribution in [0.3, 0.4) is 0 Å². The number of amides is 1. The van der Waals surface area contributed by atoms with Crippen molar-refractivity contribution in [3.8, 4) is 17.0 Å². The third kappa shape index (κ3) is 4.29. The topological polar surface area (TPSA) is 85.0 Å². The van der Waals surface area contributed by atoms with Crippen LogP contribution in [0, 0.1) is 0 Å². The number of piperazine rings is 1. The van der Waals surface area contributed by atoms with Crippen LogP contribution in [0.1, 0.15) is 0 Å². The first-order chi connectivity index (χ1) is 18.1. The summed E-state index contributed by atoms with van der Waals surface area (Å²) in [4.78, 5) is 30.2. The van der Waals surface area contributed by atoms with Crippen molar-refractivity contribution < 1.29 is 9.53 Å². The summed E-state index contributed by atoms with van der Waals surface area (Å²) < 4.78 is 7.93. The lowest BCUT2D eigenvalue weighted by molar-refractivity contribution is -0.132. The molecule has 1 aliphatic rings. The number of anilines is 1. The molecule has 6 rings (SSSR count). The molecule has 5 aromatic rings. The lowest BCUT2D eigenvalue weighted by Crippen LogP contribution is -2.50. The first kappa shape index (κ1) is 22.8. The number of fused-ring (bicyclic) bond motifs is 2. The molecule has 0 aliphatic carbocycles. The molecule has 3 aromatic carbocycles. The second kappa shape index (κ2) is 9.42. The summed E-state index contributed by atoms with van der Waals surface area (Å²) in [6, 6.07) is 23.8. The number of nitrogens with zero attached hydrogens (tertiary/aromatic N) is 6. The third-order valence-electron chi connectivity index (χ3n) is 6.91. The van der Waals surface area contributed by atoms with Gasteiger partial charge in [-0.3, -0.25) is 9.59 Å². The molecule has 37 heavy (non-hydrogen) atoms. The van der Waals surface area contributed by atoms with E-state index in [-0.39, 0.29) is 18.0 Å². The van der Waals surface area contributed by atoms with Crippen LogP contribution >= 0.6 is 0 Å². The number of methoxy groups -OCH3 is 1. The van der Waals surface area contributed by atoms with E-state index < -0.39 is 0 Å². The third-order valence-corrected chi connectivity index (χ3v) is 6.91. The van der Waals surface area contributed by atoms with Crippen LogP contribution in [-0.2, 0) is 11.3 Å². The molecule has 9 heteroatoms. The van der Waals surface area contributed by atoms with Crippen molar-refractivity contribution in [1.82, 2.24) is 24.3 Å². The number of rotatable bonds is 5. The van der Waals surface area contributed by atoms with Crippen LogP contribution < -0.4 is 15.2 Å². The minimum absolute atomic E-state index is 0.105. The summed E-state index contributed by atoms with van der Waals surface area (Å²) in [6.07, 6.45) is 1.49. The summed E-state index contributed by atoms with van der Waals surface area (Å²) in [5.74, 6) is 0.692. The Hall–Kier alpha value is -4.66. The zero-order valence-electron chi connectivity index (χ0n) is 20.4. The predicted molar refractivity (Wildman–Crippen MR) is 142 cm³/mol. The molecular formula is C28H26N6O3. The van der Waals surface area contributed by atoms with E-state index in [1.54, 1.807) is 18.1 Å². The van der Waals surface area contributed by atoms with E-state index in [4.69, 9.17) is 4.74 Å². The van der Waals surface area contributed by atoms with E-state index in [0.717, 1.165) is 40.9 Å². The van der Waals surface area contributed by atoms with E-state index in [0.29, 0.717) is 24.3 Å². The standard InChI is InChI=1S/C28H26N6O3/c1-37-22-11-9-21(10-12-22)31-13-15-32(16-14-31)27(35)18-33-28(36)26-17-25(30-34(26)19-29-33)24-8-4-6-20-5-2-3-7-23(20)24/h2-12,17,19H,13-16,18H2,1H3. The summed E-state index contributed by atoms with van der Waals surface area (Å²) >= 11 is 0. The van der Waals surface area contributed by atoms with Crippen molar-refractivity contribution in [1.29, 1.82) is 0 Å². The normalized spacial score (nSPS) is 13.9. The largest absolute Gasteiger partial charge is 0.497 e. The highest BCUT2D eigenvalue weighted by Gasteiger charge is 2.23. The van der Waals surface area contributed by atoms with Gasteiger partial charge in [0.15, 0.2) is 0 Å². The summed E-state index contributed by atoms with van der Waals surface area (Å²) in [6.45, 7) is 2.50. The van der Waals surface area contributed by atoms with Gasteiger partial charge in [-0.15, -0.1) is 0 Å². The van der Waals surface area contributed by atoms with E-state index in [9.17, 15) is 9.59 Å². The maximum Gasteiger partial charge on any atom is 0.293 e. The first-order valence-corrected chi connectivity index (χ1v) is 12.2. The fourth-order valence-corrected chi connectivity index (χ4v) is 4.87. The van der Waals surface area contributed by atoms with Gasteiger partial charge in [0, 0.05) is 37.4 Å². The lowest BCUT2D eigenvalue weighted by atomic mass is 10.0. The van der Waals surface area contributed by atoms with Gasteiger partial charge in [0.1, 0.15) is 24.1 Å². The Bertz CT molecular complexity index is 1640. The maximum atomic E-state index is 13.2. The molecule has 0 spiro atoms. The van der Waals surface area contributed by atoms with Crippen LogP contribution in [-0.4, -0.2) is 63.5 Å². The van der Waals surface area contributed by atoms with Crippen LogP contribution in [0.15, 0.2) is 83.9 Å². The van der Waals surface area contributed by atoms with Crippen LogP contribution in [0.4, 0.5) is 5.69 Å². The van der Waals surface area contributed by atoms with Crippen LogP contribution in [0.5, 0.6) is 5.75 Å². The van der Waals surface area contributed by atoms with Gasteiger partial charge in [0.2, 0.25) is 5.91 Å². The zero-order valence-corrected chi connectivity index (χ0v) is 20.4. The van der Waals surface area contributed by atoms with E-state index >= 15 is 0 Å². The fraction of sp³-hybridized carbons (Fsp3) is 0.214. The SMILES string of the molecule is COc1ccc(N2CCN(C(=O)Cn3ncn4nc(-c5cccc6ccccc56)cc4c3=O)CC2)cc1. The van der Waals surface area contributed by atoms with Gasteiger partial charge >= 0.3 is 0 Å². The second-order valence-corrected chi connectivity index (χ2v) is 9.05. The molecule has 0 radical (unpaired) electrons. The molecule has 2 aromatic heterocycles. The van der Waals surface area contributed by atoms with Crippen LogP contribution in [0.2, 0.25) is 0 Å².